The van der Waals surface area contributed by atoms with Crippen molar-refractivity contribution in [3.8, 4) is 0 Å². The molecule has 0 aromatic carbocycles. The predicted molar refractivity (Wildman–Crippen MR) is 102 cm³/mol. The average Bonchev–Trinajstić information content (AvgIpc) is 2.67. The van der Waals surface area contributed by atoms with Crippen LogP contribution in [0.4, 0.5) is 19.0 Å². The van der Waals surface area contributed by atoms with Gasteiger partial charge in [-0.05, 0) is 44.5 Å². The Balaban J connectivity index is 1.56. The number of nitrogens with one attached hydrogen (secondary N) is 3. The molecule has 0 atom stereocenters. The molecule has 152 valence electrons. The van der Waals surface area contributed by atoms with Crippen LogP contribution in [0.25, 0.3) is 0 Å². The number of rotatable bonds is 8. The summed E-state index contributed by atoms with van der Waals surface area (Å²) < 4.78 is 37.5. The lowest BCUT2D eigenvalue weighted by Gasteiger charge is -2.26. The number of aromatic nitrogens is 1. The Hall–Kier alpha value is -2.03. The molecule has 27 heavy (non-hydrogen) atoms. The lowest BCUT2D eigenvalue weighted by Crippen LogP contribution is -2.43. The first-order chi connectivity index (χ1) is 13.0. The molecular weight excluding hydrogens is 357 g/mol. The van der Waals surface area contributed by atoms with Crippen LogP contribution >= 0.6 is 0 Å². The third kappa shape index (κ3) is 8.03. The van der Waals surface area contributed by atoms with Crippen molar-refractivity contribution in [1.82, 2.24) is 20.5 Å². The molecular formula is C18H29F3N6. The molecule has 0 saturated carbocycles. The van der Waals surface area contributed by atoms with Gasteiger partial charge < -0.3 is 20.9 Å². The minimum Gasteiger partial charge on any atom is -0.370 e. The summed E-state index contributed by atoms with van der Waals surface area (Å²) in [5.74, 6) is 1.20. The predicted octanol–water partition coefficient (Wildman–Crippen LogP) is 2.55. The standard InChI is InChI=1S/C18H29F3N6/c1-22-17(25-10-13-27-11-3-2-4-12-27)24-9-5-8-23-16-7-6-15(14-26-16)18(19,20)21/h6-7,14H,2-5,8-13H2,1H3,(H,23,26)(H2,22,24,25). The first-order valence-electron chi connectivity index (χ1n) is 9.43. The number of halogens is 3. The molecule has 1 aliphatic heterocycles. The molecule has 0 bridgehead atoms. The van der Waals surface area contributed by atoms with Gasteiger partial charge in [-0.15, -0.1) is 0 Å². The van der Waals surface area contributed by atoms with Gasteiger partial charge in [0.05, 0.1) is 5.56 Å². The van der Waals surface area contributed by atoms with Gasteiger partial charge in [0.25, 0.3) is 0 Å². The lowest BCUT2D eigenvalue weighted by atomic mass is 10.1. The van der Waals surface area contributed by atoms with Crippen LogP contribution in [0.3, 0.4) is 0 Å². The Kier molecular flexibility index (Phi) is 8.63. The zero-order chi connectivity index (χ0) is 19.5. The summed E-state index contributed by atoms with van der Waals surface area (Å²) in [4.78, 5) is 10.4. The van der Waals surface area contributed by atoms with Gasteiger partial charge in [0, 0.05) is 39.4 Å². The van der Waals surface area contributed by atoms with E-state index in [0.717, 1.165) is 37.7 Å². The smallest absolute Gasteiger partial charge is 0.370 e. The summed E-state index contributed by atoms with van der Waals surface area (Å²) in [5.41, 5.74) is -0.742. The third-order valence-corrected chi connectivity index (χ3v) is 4.44. The maximum atomic E-state index is 12.5. The van der Waals surface area contributed by atoms with Crippen LogP contribution in [-0.4, -0.2) is 62.2 Å². The number of aliphatic imine (C=N–C) groups is 1. The first-order valence-corrected chi connectivity index (χ1v) is 9.43. The quantitative estimate of drug-likeness (QED) is 0.364. The zero-order valence-corrected chi connectivity index (χ0v) is 15.8. The number of guanidine groups is 1. The summed E-state index contributed by atoms with van der Waals surface area (Å²) in [7, 11) is 1.74. The molecule has 6 nitrogen and oxygen atoms in total. The molecule has 9 heteroatoms. The summed E-state index contributed by atoms with van der Waals surface area (Å²) in [6.45, 7) is 5.54. The van der Waals surface area contributed by atoms with Crippen molar-refractivity contribution in [3.63, 3.8) is 0 Å². The molecule has 0 spiro atoms. The van der Waals surface area contributed by atoms with Crippen molar-refractivity contribution in [1.29, 1.82) is 0 Å². The highest BCUT2D eigenvalue weighted by Crippen LogP contribution is 2.28. The highest BCUT2D eigenvalue weighted by atomic mass is 19.4. The van der Waals surface area contributed by atoms with E-state index in [2.05, 4.69) is 30.8 Å². The van der Waals surface area contributed by atoms with Gasteiger partial charge in [-0.3, -0.25) is 4.99 Å². The van der Waals surface area contributed by atoms with E-state index in [1.54, 1.807) is 7.05 Å². The lowest BCUT2D eigenvalue weighted by molar-refractivity contribution is -0.137. The monoisotopic (exact) mass is 386 g/mol. The molecule has 1 aromatic rings. The molecule has 0 aliphatic carbocycles. The number of nitrogens with zero attached hydrogens (tertiary/aromatic N) is 3. The largest absolute Gasteiger partial charge is 0.417 e. The fourth-order valence-electron chi connectivity index (χ4n) is 2.91. The molecule has 1 aromatic heterocycles. The Labute approximate surface area is 158 Å². The SMILES string of the molecule is CN=C(NCCCNc1ccc(C(F)(F)F)cn1)NCCN1CCCCC1. The van der Waals surface area contributed by atoms with Crippen LogP contribution in [-0.2, 0) is 6.18 Å². The van der Waals surface area contributed by atoms with Crippen molar-refractivity contribution in [2.45, 2.75) is 31.9 Å². The van der Waals surface area contributed by atoms with Gasteiger partial charge in [-0.1, -0.05) is 6.42 Å². The maximum absolute atomic E-state index is 12.5. The summed E-state index contributed by atoms with van der Waals surface area (Å²) >= 11 is 0. The Bertz CT molecular complexity index is 567. The van der Waals surface area contributed by atoms with Crippen molar-refractivity contribution in [3.05, 3.63) is 23.9 Å². The minimum atomic E-state index is -4.35. The van der Waals surface area contributed by atoms with Crippen LogP contribution in [0.2, 0.25) is 0 Å². The fraction of sp³-hybridized carbons (Fsp3) is 0.667. The van der Waals surface area contributed by atoms with Gasteiger partial charge >= 0.3 is 6.18 Å². The molecule has 1 saturated heterocycles. The number of piperidine rings is 1. The van der Waals surface area contributed by atoms with Gasteiger partial charge in [0.15, 0.2) is 5.96 Å². The van der Waals surface area contributed by atoms with Crippen molar-refractivity contribution < 1.29 is 13.2 Å². The zero-order valence-electron chi connectivity index (χ0n) is 15.8. The summed E-state index contributed by atoms with van der Waals surface area (Å²) in [5, 5.41) is 9.55. The number of alkyl halides is 3. The van der Waals surface area contributed by atoms with Crippen LogP contribution in [0.1, 0.15) is 31.2 Å². The van der Waals surface area contributed by atoms with Gasteiger partial charge in [-0.25, -0.2) is 4.98 Å². The molecule has 1 fully saturated rings. The Morgan fingerprint density at radius 3 is 2.48 bits per heavy atom. The van der Waals surface area contributed by atoms with Crippen molar-refractivity contribution >= 4 is 11.8 Å². The third-order valence-electron chi connectivity index (χ3n) is 4.44. The van der Waals surface area contributed by atoms with E-state index in [-0.39, 0.29) is 0 Å². The van der Waals surface area contributed by atoms with Gasteiger partial charge in [-0.2, -0.15) is 13.2 Å². The van der Waals surface area contributed by atoms with Crippen LogP contribution in [0.15, 0.2) is 23.3 Å². The molecule has 2 heterocycles. The topological polar surface area (TPSA) is 64.6 Å². The molecule has 2 rings (SSSR count). The van der Waals surface area contributed by atoms with Crippen LogP contribution in [0.5, 0.6) is 0 Å². The number of hydrogen-bond donors (Lipinski definition) is 3. The molecule has 0 amide bonds. The number of anilines is 1. The highest BCUT2D eigenvalue weighted by Gasteiger charge is 2.30. The van der Waals surface area contributed by atoms with E-state index in [4.69, 9.17) is 0 Å². The van der Waals surface area contributed by atoms with E-state index in [0.29, 0.717) is 18.9 Å². The Morgan fingerprint density at radius 2 is 1.85 bits per heavy atom. The van der Waals surface area contributed by atoms with E-state index in [1.807, 2.05) is 0 Å². The Morgan fingerprint density at radius 1 is 1.11 bits per heavy atom. The van der Waals surface area contributed by atoms with Crippen LogP contribution in [0, 0.1) is 0 Å². The maximum Gasteiger partial charge on any atom is 0.417 e. The van der Waals surface area contributed by atoms with E-state index in [9.17, 15) is 13.2 Å². The summed E-state index contributed by atoms with van der Waals surface area (Å²) in [6.07, 6.45) is 1.18. The molecule has 0 unspecified atom stereocenters. The van der Waals surface area contributed by atoms with Crippen LogP contribution < -0.4 is 16.0 Å². The molecule has 0 radical (unpaired) electrons. The van der Waals surface area contributed by atoms with Gasteiger partial charge in [0.1, 0.15) is 5.82 Å². The average molecular weight is 386 g/mol. The molecule has 3 N–H and O–H groups in total. The van der Waals surface area contributed by atoms with Crippen molar-refractivity contribution in [2.24, 2.45) is 4.99 Å². The normalized spacial score (nSPS) is 16.2. The van der Waals surface area contributed by atoms with E-state index < -0.39 is 11.7 Å². The second-order valence-corrected chi connectivity index (χ2v) is 6.54. The molecule has 1 aliphatic rings. The summed E-state index contributed by atoms with van der Waals surface area (Å²) in [6, 6.07) is 2.37. The fourth-order valence-corrected chi connectivity index (χ4v) is 2.91. The number of likely N-dealkylation sites (tertiary alicyclic amines) is 1. The number of hydrogen-bond acceptors (Lipinski definition) is 4. The minimum absolute atomic E-state index is 0.437. The van der Waals surface area contributed by atoms with E-state index in [1.165, 1.54) is 38.4 Å². The van der Waals surface area contributed by atoms with Gasteiger partial charge in [0.2, 0.25) is 0 Å². The van der Waals surface area contributed by atoms with Crippen molar-refractivity contribution in [2.75, 3.05) is 51.6 Å². The van der Waals surface area contributed by atoms with E-state index >= 15 is 0 Å². The second kappa shape index (κ2) is 11.0. The highest BCUT2D eigenvalue weighted by molar-refractivity contribution is 5.79. The second-order valence-electron chi connectivity index (χ2n) is 6.54. The number of pyridine rings is 1. The first kappa shape index (κ1) is 21.3.